The van der Waals surface area contributed by atoms with Crippen LogP contribution < -0.4 is 5.73 Å². The summed E-state index contributed by atoms with van der Waals surface area (Å²) in [5, 5.41) is 4.05. The fraction of sp³-hybridized carbons (Fsp3) is 0.818. The van der Waals surface area contributed by atoms with Crippen molar-refractivity contribution in [2.24, 2.45) is 5.73 Å². The van der Waals surface area contributed by atoms with Crippen molar-refractivity contribution in [2.45, 2.75) is 57.4 Å². The van der Waals surface area contributed by atoms with Crippen molar-refractivity contribution >= 4 is 0 Å². The van der Waals surface area contributed by atoms with Crippen molar-refractivity contribution in [1.82, 2.24) is 10.1 Å². The average molecular weight is 209 g/mol. The second-order valence-corrected chi connectivity index (χ2v) is 5.41. The van der Waals surface area contributed by atoms with E-state index in [1.165, 1.54) is 6.42 Å². The smallest absolute Gasteiger partial charge is 0.232 e. The van der Waals surface area contributed by atoms with E-state index in [1.54, 1.807) is 0 Å². The third kappa shape index (κ3) is 2.04. The molecule has 84 valence electrons. The van der Waals surface area contributed by atoms with Crippen LogP contribution in [0, 0.1) is 0 Å². The van der Waals surface area contributed by atoms with Crippen LogP contribution in [0.1, 0.15) is 57.7 Å². The molecule has 0 saturated heterocycles. The lowest BCUT2D eigenvalue weighted by Gasteiger charge is -2.12. The Bertz CT molecular complexity index is 340. The highest BCUT2D eigenvalue weighted by Crippen LogP contribution is 2.32. The molecular weight excluding hydrogens is 190 g/mol. The zero-order valence-corrected chi connectivity index (χ0v) is 9.66. The molecule has 0 unspecified atom stereocenters. The Morgan fingerprint density at radius 2 is 2.07 bits per heavy atom. The van der Waals surface area contributed by atoms with E-state index in [-0.39, 0.29) is 11.5 Å². The van der Waals surface area contributed by atoms with Crippen LogP contribution in [0.3, 0.4) is 0 Å². The van der Waals surface area contributed by atoms with Crippen LogP contribution in [0.4, 0.5) is 0 Å². The molecule has 1 aliphatic carbocycles. The predicted octanol–water partition coefficient (Wildman–Crippen LogP) is 1.96. The van der Waals surface area contributed by atoms with Gasteiger partial charge in [-0.25, -0.2) is 0 Å². The molecule has 2 atom stereocenters. The van der Waals surface area contributed by atoms with Gasteiger partial charge in [-0.1, -0.05) is 32.3 Å². The molecule has 15 heavy (non-hydrogen) atoms. The van der Waals surface area contributed by atoms with Crippen LogP contribution >= 0.6 is 0 Å². The Balaban J connectivity index is 2.20. The summed E-state index contributed by atoms with van der Waals surface area (Å²) < 4.78 is 5.27. The molecule has 1 heterocycles. The largest absolute Gasteiger partial charge is 0.339 e. The van der Waals surface area contributed by atoms with Crippen LogP contribution in [0.15, 0.2) is 4.52 Å². The summed E-state index contributed by atoms with van der Waals surface area (Å²) in [6.07, 6.45) is 3.33. The van der Waals surface area contributed by atoms with E-state index < -0.39 is 0 Å². The van der Waals surface area contributed by atoms with E-state index in [9.17, 15) is 0 Å². The van der Waals surface area contributed by atoms with Crippen molar-refractivity contribution in [3.8, 4) is 0 Å². The van der Waals surface area contributed by atoms with Gasteiger partial charge in [0.15, 0.2) is 5.82 Å². The maximum atomic E-state index is 6.01. The quantitative estimate of drug-likeness (QED) is 0.768. The molecule has 0 spiro atoms. The lowest BCUT2D eigenvalue weighted by Crippen LogP contribution is -2.23. The second kappa shape index (κ2) is 3.59. The Labute approximate surface area is 90.2 Å². The van der Waals surface area contributed by atoms with Gasteiger partial charge in [-0.2, -0.15) is 4.98 Å². The topological polar surface area (TPSA) is 64.9 Å². The summed E-state index contributed by atoms with van der Waals surface area (Å²) in [6, 6.07) is 0.204. The first kappa shape index (κ1) is 10.6. The monoisotopic (exact) mass is 209 g/mol. The molecular formula is C11H19N3O. The standard InChI is InChI=1S/C11H19N3O/c1-11(2,3)10-13-9(14-15-10)7-5-4-6-8(7)12/h7-8H,4-6,12H2,1-3H3/t7-,8-/m1/s1. The van der Waals surface area contributed by atoms with E-state index in [1.807, 2.05) is 0 Å². The molecule has 0 aliphatic heterocycles. The van der Waals surface area contributed by atoms with E-state index in [4.69, 9.17) is 10.3 Å². The first-order chi connectivity index (χ1) is 6.98. The minimum atomic E-state index is -0.0754. The van der Waals surface area contributed by atoms with Crippen molar-refractivity contribution < 1.29 is 4.52 Å². The Morgan fingerprint density at radius 3 is 2.53 bits per heavy atom. The predicted molar refractivity (Wildman–Crippen MR) is 57.6 cm³/mol. The molecule has 1 fully saturated rings. The summed E-state index contributed by atoms with van der Waals surface area (Å²) in [5.41, 5.74) is 5.93. The third-order valence-electron chi connectivity index (χ3n) is 2.98. The van der Waals surface area contributed by atoms with Gasteiger partial charge in [0.05, 0.1) is 0 Å². The van der Waals surface area contributed by atoms with E-state index in [0.717, 1.165) is 18.7 Å². The highest BCUT2D eigenvalue weighted by molar-refractivity contribution is 5.06. The molecule has 0 amide bonds. The van der Waals surface area contributed by atoms with Crippen LogP contribution in [0.5, 0.6) is 0 Å². The van der Waals surface area contributed by atoms with Gasteiger partial charge in [-0.3, -0.25) is 0 Å². The Kier molecular flexibility index (Phi) is 2.54. The van der Waals surface area contributed by atoms with Crippen LogP contribution in [-0.4, -0.2) is 16.2 Å². The highest BCUT2D eigenvalue weighted by atomic mass is 16.5. The van der Waals surface area contributed by atoms with Gasteiger partial charge < -0.3 is 10.3 Å². The fourth-order valence-electron chi connectivity index (χ4n) is 2.00. The van der Waals surface area contributed by atoms with Gasteiger partial charge in [0.25, 0.3) is 0 Å². The molecule has 1 aromatic heterocycles. The van der Waals surface area contributed by atoms with Crippen LogP contribution in [0.25, 0.3) is 0 Å². The van der Waals surface area contributed by atoms with Crippen molar-refractivity contribution in [1.29, 1.82) is 0 Å². The molecule has 2 N–H and O–H groups in total. The summed E-state index contributed by atoms with van der Waals surface area (Å²) in [4.78, 5) is 4.46. The first-order valence-corrected chi connectivity index (χ1v) is 5.58. The molecule has 0 bridgehead atoms. The molecule has 2 rings (SSSR count). The number of aromatic nitrogens is 2. The number of nitrogens with two attached hydrogens (primary N) is 1. The van der Waals surface area contributed by atoms with Crippen molar-refractivity contribution in [3.05, 3.63) is 11.7 Å². The van der Waals surface area contributed by atoms with Crippen molar-refractivity contribution in [2.75, 3.05) is 0 Å². The van der Waals surface area contributed by atoms with E-state index in [0.29, 0.717) is 11.8 Å². The zero-order valence-electron chi connectivity index (χ0n) is 9.66. The molecule has 4 nitrogen and oxygen atoms in total. The minimum Gasteiger partial charge on any atom is -0.339 e. The zero-order chi connectivity index (χ0) is 11.1. The highest BCUT2D eigenvalue weighted by Gasteiger charge is 2.31. The minimum absolute atomic E-state index is 0.0754. The number of nitrogens with zero attached hydrogens (tertiary/aromatic N) is 2. The average Bonchev–Trinajstić information content (AvgIpc) is 2.69. The van der Waals surface area contributed by atoms with E-state index >= 15 is 0 Å². The summed E-state index contributed by atoms with van der Waals surface area (Å²) in [6.45, 7) is 6.20. The SMILES string of the molecule is CC(C)(C)c1nc([C@@H]2CCC[C@H]2N)no1. The molecule has 0 aromatic carbocycles. The normalized spacial score (nSPS) is 27.2. The van der Waals surface area contributed by atoms with Gasteiger partial charge in [-0.15, -0.1) is 0 Å². The van der Waals surface area contributed by atoms with Gasteiger partial charge in [-0.05, 0) is 12.8 Å². The Hall–Kier alpha value is -0.900. The molecule has 0 radical (unpaired) electrons. The third-order valence-corrected chi connectivity index (χ3v) is 2.98. The molecule has 4 heteroatoms. The maximum Gasteiger partial charge on any atom is 0.232 e. The summed E-state index contributed by atoms with van der Waals surface area (Å²) >= 11 is 0. The molecule has 1 aromatic rings. The summed E-state index contributed by atoms with van der Waals surface area (Å²) in [7, 11) is 0. The number of hydrogen-bond acceptors (Lipinski definition) is 4. The van der Waals surface area contributed by atoms with Gasteiger partial charge in [0.1, 0.15) is 0 Å². The molecule has 1 saturated carbocycles. The lowest BCUT2D eigenvalue weighted by atomic mass is 9.97. The van der Waals surface area contributed by atoms with Gasteiger partial charge in [0.2, 0.25) is 5.89 Å². The van der Waals surface area contributed by atoms with E-state index in [2.05, 4.69) is 30.9 Å². The fourth-order valence-corrected chi connectivity index (χ4v) is 2.00. The Morgan fingerprint density at radius 1 is 1.33 bits per heavy atom. The second-order valence-electron chi connectivity index (χ2n) is 5.41. The van der Waals surface area contributed by atoms with Gasteiger partial charge >= 0.3 is 0 Å². The number of rotatable bonds is 1. The van der Waals surface area contributed by atoms with Crippen LogP contribution in [0.2, 0.25) is 0 Å². The van der Waals surface area contributed by atoms with Crippen molar-refractivity contribution in [3.63, 3.8) is 0 Å². The summed E-state index contributed by atoms with van der Waals surface area (Å²) in [5.74, 6) is 1.80. The molecule has 1 aliphatic rings. The lowest BCUT2D eigenvalue weighted by molar-refractivity contribution is 0.316. The number of hydrogen-bond donors (Lipinski definition) is 1. The van der Waals surface area contributed by atoms with Gasteiger partial charge in [0, 0.05) is 17.4 Å². The first-order valence-electron chi connectivity index (χ1n) is 5.58. The van der Waals surface area contributed by atoms with Crippen LogP contribution in [-0.2, 0) is 5.41 Å². The maximum absolute atomic E-state index is 6.01.